The molecule has 0 bridgehead atoms. The monoisotopic (exact) mass is 452 g/mol. The van der Waals surface area contributed by atoms with E-state index in [9.17, 15) is 23.7 Å². The van der Waals surface area contributed by atoms with Crippen LogP contribution in [0.4, 0.5) is 19.6 Å². The van der Waals surface area contributed by atoms with Gasteiger partial charge in [-0.15, -0.1) is 0 Å². The predicted molar refractivity (Wildman–Crippen MR) is 117 cm³/mol. The lowest BCUT2D eigenvalue weighted by atomic mass is 10.2. The standard InChI is InChI=1S/C22H14F2N4O3S/c23-15-11-18(24)21-19(12-15)32-22(26-21)27(13-16-3-1-2-10-25-16)20(29)9-6-14-4-7-17(8-5-14)28(30)31/h1-12H,13H2. The molecule has 0 aliphatic rings. The smallest absolute Gasteiger partial charge is 0.269 e. The van der Waals surface area contributed by atoms with Gasteiger partial charge in [0, 0.05) is 30.5 Å². The maximum absolute atomic E-state index is 14.1. The van der Waals surface area contributed by atoms with Gasteiger partial charge in [-0.3, -0.25) is 24.8 Å². The van der Waals surface area contributed by atoms with Crippen LogP contribution in [0.1, 0.15) is 11.3 Å². The lowest BCUT2D eigenvalue weighted by Gasteiger charge is -2.17. The highest BCUT2D eigenvalue weighted by atomic mass is 32.1. The van der Waals surface area contributed by atoms with E-state index < -0.39 is 22.5 Å². The minimum absolute atomic E-state index is 0.0235. The fourth-order valence-electron chi connectivity index (χ4n) is 2.92. The van der Waals surface area contributed by atoms with Crippen molar-refractivity contribution in [1.82, 2.24) is 9.97 Å². The largest absolute Gasteiger partial charge is 0.278 e. The van der Waals surface area contributed by atoms with Crippen LogP contribution in [0.5, 0.6) is 0 Å². The molecule has 0 N–H and O–H groups in total. The fraction of sp³-hybridized carbons (Fsp3) is 0.0455. The van der Waals surface area contributed by atoms with Crippen molar-refractivity contribution in [3.05, 3.63) is 99.9 Å². The molecule has 4 aromatic rings. The van der Waals surface area contributed by atoms with Crippen molar-refractivity contribution in [2.75, 3.05) is 4.90 Å². The molecule has 0 atom stereocenters. The number of rotatable bonds is 6. The van der Waals surface area contributed by atoms with Crippen LogP contribution < -0.4 is 4.90 Å². The molecule has 0 unspecified atom stereocenters. The van der Waals surface area contributed by atoms with E-state index in [0.717, 1.165) is 23.5 Å². The second-order valence-corrected chi connectivity index (χ2v) is 7.67. The third-order valence-electron chi connectivity index (χ3n) is 4.47. The van der Waals surface area contributed by atoms with E-state index in [4.69, 9.17) is 0 Å². The van der Waals surface area contributed by atoms with Crippen LogP contribution >= 0.6 is 11.3 Å². The normalized spacial score (nSPS) is 11.2. The molecule has 0 saturated heterocycles. The van der Waals surface area contributed by atoms with Gasteiger partial charge in [-0.25, -0.2) is 13.8 Å². The zero-order valence-electron chi connectivity index (χ0n) is 16.3. The molecule has 4 rings (SSSR count). The second kappa shape index (κ2) is 8.98. The number of nitro benzene ring substituents is 1. The fourth-order valence-corrected chi connectivity index (χ4v) is 3.93. The predicted octanol–water partition coefficient (Wildman–Crippen LogP) is 5.12. The van der Waals surface area contributed by atoms with Crippen LogP contribution in [0.2, 0.25) is 0 Å². The van der Waals surface area contributed by atoms with Crippen LogP contribution in [0.3, 0.4) is 0 Å². The number of anilines is 1. The Labute approximate surface area is 184 Å². The Morgan fingerprint density at radius 1 is 1.16 bits per heavy atom. The molecule has 0 aliphatic heterocycles. The summed E-state index contributed by atoms with van der Waals surface area (Å²) in [6.07, 6.45) is 4.37. The van der Waals surface area contributed by atoms with E-state index >= 15 is 0 Å². The Bertz CT molecular complexity index is 1320. The van der Waals surface area contributed by atoms with Gasteiger partial charge in [0.25, 0.3) is 11.6 Å². The number of aromatic nitrogens is 2. The molecule has 2 aromatic heterocycles. The van der Waals surface area contributed by atoms with Crippen molar-refractivity contribution in [2.45, 2.75) is 6.54 Å². The lowest BCUT2D eigenvalue weighted by molar-refractivity contribution is -0.384. The zero-order valence-corrected chi connectivity index (χ0v) is 17.1. The Balaban J connectivity index is 1.66. The van der Waals surface area contributed by atoms with Crippen LogP contribution in [0.25, 0.3) is 16.3 Å². The minimum atomic E-state index is -0.811. The number of hydrogen-bond donors (Lipinski definition) is 0. The van der Waals surface area contributed by atoms with E-state index in [-0.39, 0.29) is 27.6 Å². The number of carbonyl (C=O) groups excluding carboxylic acids is 1. The van der Waals surface area contributed by atoms with Gasteiger partial charge in [-0.2, -0.15) is 0 Å². The molecule has 0 saturated carbocycles. The van der Waals surface area contributed by atoms with E-state index in [1.165, 1.54) is 41.3 Å². The molecule has 7 nitrogen and oxygen atoms in total. The highest BCUT2D eigenvalue weighted by molar-refractivity contribution is 7.22. The molecule has 0 radical (unpaired) electrons. The van der Waals surface area contributed by atoms with Crippen LogP contribution in [-0.4, -0.2) is 20.8 Å². The first-order valence-electron chi connectivity index (χ1n) is 9.30. The van der Waals surface area contributed by atoms with Crippen molar-refractivity contribution in [3.63, 3.8) is 0 Å². The number of hydrogen-bond acceptors (Lipinski definition) is 6. The van der Waals surface area contributed by atoms with Crippen molar-refractivity contribution >= 4 is 44.4 Å². The third kappa shape index (κ3) is 4.65. The van der Waals surface area contributed by atoms with Crippen LogP contribution in [0.15, 0.2) is 66.9 Å². The zero-order chi connectivity index (χ0) is 22.7. The van der Waals surface area contributed by atoms with Gasteiger partial charge in [-0.05, 0) is 42.0 Å². The number of benzene rings is 2. The van der Waals surface area contributed by atoms with E-state index in [2.05, 4.69) is 9.97 Å². The van der Waals surface area contributed by atoms with E-state index in [1.54, 1.807) is 24.4 Å². The summed E-state index contributed by atoms with van der Waals surface area (Å²) in [5, 5.41) is 11.0. The van der Waals surface area contributed by atoms with Gasteiger partial charge < -0.3 is 0 Å². The van der Waals surface area contributed by atoms with Crippen molar-refractivity contribution in [3.8, 4) is 0 Å². The maximum atomic E-state index is 14.1. The quantitative estimate of drug-likeness (QED) is 0.230. The van der Waals surface area contributed by atoms with Gasteiger partial charge in [0.15, 0.2) is 10.9 Å². The Morgan fingerprint density at radius 3 is 2.62 bits per heavy atom. The molecular formula is C22H14F2N4O3S. The molecule has 0 fully saturated rings. The summed E-state index contributed by atoms with van der Waals surface area (Å²) in [4.78, 5) is 33.0. The number of pyridine rings is 1. The summed E-state index contributed by atoms with van der Waals surface area (Å²) in [5.74, 6) is -2.01. The molecule has 2 heterocycles. The molecule has 160 valence electrons. The van der Waals surface area contributed by atoms with Crippen LogP contribution in [-0.2, 0) is 11.3 Å². The maximum Gasteiger partial charge on any atom is 0.269 e. The lowest BCUT2D eigenvalue weighted by Crippen LogP contribution is -2.29. The summed E-state index contributed by atoms with van der Waals surface area (Å²) in [7, 11) is 0. The van der Waals surface area contributed by atoms with E-state index in [0.29, 0.717) is 11.3 Å². The first-order chi connectivity index (χ1) is 15.4. The third-order valence-corrected chi connectivity index (χ3v) is 5.49. The summed E-state index contributed by atoms with van der Waals surface area (Å²) in [6, 6.07) is 12.8. The Kier molecular flexibility index (Phi) is 5.95. The van der Waals surface area contributed by atoms with Crippen LogP contribution in [0, 0.1) is 21.7 Å². The summed E-state index contributed by atoms with van der Waals surface area (Å²) < 4.78 is 28.0. The summed E-state index contributed by atoms with van der Waals surface area (Å²) in [5.41, 5.74) is 1.08. The first-order valence-corrected chi connectivity index (χ1v) is 10.1. The first kappa shape index (κ1) is 21.2. The number of nitro groups is 1. The summed E-state index contributed by atoms with van der Waals surface area (Å²) >= 11 is 0.985. The topological polar surface area (TPSA) is 89.2 Å². The molecular weight excluding hydrogens is 438 g/mol. The molecule has 32 heavy (non-hydrogen) atoms. The average Bonchev–Trinajstić information content (AvgIpc) is 3.21. The molecule has 0 spiro atoms. The number of halogens is 2. The van der Waals surface area contributed by atoms with E-state index in [1.807, 2.05) is 0 Å². The number of carbonyl (C=O) groups is 1. The number of amides is 1. The SMILES string of the molecule is O=C(C=Cc1ccc([N+](=O)[O-])cc1)N(Cc1ccccn1)c1nc2c(F)cc(F)cc2s1. The van der Waals surface area contributed by atoms with Gasteiger partial charge >= 0.3 is 0 Å². The van der Waals surface area contributed by atoms with Crippen molar-refractivity contribution < 1.29 is 18.5 Å². The second-order valence-electron chi connectivity index (χ2n) is 6.66. The number of thiazole rings is 1. The van der Waals surface area contributed by atoms with Gasteiger partial charge in [-0.1, -0.05) is 17.4 Å². The van der Waals surface area contributed by atoms with Crippen molar-refractivity contribution in [1.29, 1.82) is 0 Å². The van der Waals surface area contributed by atoms with Gasteiger partial charge in [0.05, 0.1) is 21.9 Å². The molecule has 1 amide bonds. The van der Waals surface area contributed by atoms with Gasteiger partial charge in [0.2, 0.25) is 0 Å². The minimum Gasteiger partial charge on any atom is -0.278 e. The summed E-state index contributed by atoms with van der Waals surface area (Å²) in [6.45, 7) is 0.0637. The van der Waals surface area contributed by atoms with Crippen molar-refractivity contribution in [2.24, 2.45) is 0 Å². The Morgan fingerprint density at radius 2 is 1.94 bits per heavy atom. The average molecular weight is 452 g/mol. The molecule has 2 aromatic carbocycles. The molecule has 10 heteroatoms. The number of non-ortho nitro benzene ring substituents is 1. The number of fused-ring (bicyclic) bond motifs is 1. The van der Waals surface area contributed by atoms with Gasteiger partial charge in [0.1, 0.15) is 11.3 Å². The molecule has 0 aliphatic carbocycles. The highest BCUT2D eigenvalue weighted by Gasteiger charge is 2.20. The highest BCUT2D eigenvalue weighted by Crippen LogP contribution is 2.32. The number of nitrogens with zero attached hydrogens (tertiary/aromatic N) is 4. The Hall–Kier alpha value is -4.05.